The molecule has 1 aliphatic carbocycles. The monoisotopic (exact) mass is 320 g/mol. The Kier molecular flexibility index (Phi) is 5.59. The van der Waals surface area contributed by atoms with Gasteiger partial charge < -0.3 is 10.2 Å². The summed E-state index contributed by atoms with van der Waals surface area (Å²) in [5.41, 5.74) is 0. The minimum Gasteiger partial charge on any atom is -0.481 e. The highest BCUT2D eigenvalue weighted by molar-refractivity contribution is 7.87. The second-order valence-corrected chi connectivity index (χ2v) is 7.79. The maximum absolute atomic E-state index is 12.2. The van der Waals surface area contributed by atoms with Crippen LogP contribution in [0.3, 0.4) is 0 Å². The van der Waals surface area contributed by atoms with Gasteiger partial charge in [0.15, 0.2) is 0 Å². The summed E-state index contributed by atoms with van der Waals surface area (Å²) in [5.74, 6) is -1.00. The highest BCUT2D eigenvalue weighted by Gasteiger charge is 2.31. The molecule has 7 nitrogen and oxygen atoms in total. The van der Waals surface area contributed by atoms with Crippen molar-refractivity contribution in [3.63, 3.8) is 0 Å². The number of hydrogen-bond acceptors (Lipinski definition) is 4. The summed E-state index contributed by atoms with van der Waals surface area (Å²) in [5, 5.41) is 18.4. The maximum atomic E-state index is 12.2. The third-order valence-electron chi connectivity index (χ3n) is 4.51. The molecule has 1 saturated carbocycles. The lowest BCUT2D eigenvalue weighted by Crippen LogP contribution is -2.47. The minimum atomic E-state index is -3.52. The van der Waals surface area contributed by atoms with E-state index in [1.165, 1.54) is 4.31 Å². The number of aliphatic hydroxyl groups is 1. The SMILES string of the molecule is O=C(O)C1CCN(S(=O)(=O)NCC2CCC(O)CC2)CC1. The number of piperidine rings is 1. The number of aliphatic hydroxyl groups excluding tert-OH is 1. The van der Waals surface area contributed by atoms with Gasteiger partial charge in [0, 0.05) is 19.6 Å². The van der Waals surface area contributed by atoms with E-state index >= 15 is 0 Å². The summed E-state index contributed by atoms with van der Waals surface area (Å²) >= 11 is 0. The van der Waals surface area contributed by atoms with Crippen molar-refractivity contribution in [2.45, 2.75) is 44.6 Å². The topological polar surface area (TPSA) is 107 Å². The molecule has 2 aliphatic rings. The van der Waals surface area contributed by atoms with E-state index < -0.39 is 22.1 Å². The normalized spacial score (nSPS) is 29.4. The fraction of sp³-hybridized carbons (Fsp3) is 0.923. The molecular formula is C13H24N2O5S. The van der Waals surface area contributed by atoms with Crippen LogP contribution in [0.1, 0.15) is 38.5 Å². The van der Waals surface area contributed by atoms with Gasteiger partial charge >= 0.3 is 5.97 Å². The van der Waals surface area contributed by atoms with Gasteiger partial charge in [-0.05, 0) is 44.4 Å². The van der Waals surface area contributed by atoms with Crippen molar-refractivity contribution in [1.82, 2.24) is 9.03 Å². The largest absolute Gasteiger partial charge is 0.481 e. The number of aliphatic carboxylic acids is 1. The van der Waals surface area contributed by atoms with Crippen molar-refractivity contribution < 1.29 is 23.4 Å². The number of carbonyl (C=O) groups is 1. The van der Waals surface area contributed by atoms with Crippen molar-refractivity contribution in [3.05, 3.63) is 0 Å². The third-order valence-corrected chi connectivity index (χ3v) is 6.09. The Bertz CT molecular complexity index is 451. The van der Waals surface area contributed by atoms with Crippen molar-refractivity contribution in [2.75, 3.05) is 19.6 Å². The number of carboxylic acid groups (broad SMARTS) is 1. The smallest absolute Gasteiger partial charge is 0.306 e. The van der Waals surface area contributed by atoms with Crippen LogP contribution in [0.25, 0.3) is 0 Å². The summed E-state index contributed by atoms with van der Waals surface area (Å²) in [4.78, 5) is 10.9. The van der Waals surface area contributed by atoms with Gasteiger partial charge in [0.05, 0.1) is 12.0 Å². The van der Waals surface area contributed by atoms with Crippen LogP contribution in [-0.2, 0) is 15.0 Å². The first kappa shape index (κ1) is 16.7. The van der Waals surface area contributed by atoms with Gasteiger partial charge in [0.2, 0.25) is 0 Å². The second kappa shape index (κ2) is 7.04. The summed E-state index contributed by atoms with van der Waals surface area (Å²) in [6, 6.07) is 0. The van der Waals surface area contributed by atoms with E-state index in [2.05, 4.69) is 4.72 Å². The fourth-order valence-corrected chi connectivity index (χ4v) is 4.33. The standard InChI is InChI=1S/C13H24N2O5S/c16-12-3-1-10(2-4-12)9-14-21(19,20)15-7-5-11(6-8-15)13(17)18/h10-12,14,16H,1-9H2,(H,17,18). The molecule has 2 fully saturated rings. The first-order valence-electron chi connectivity index (χ1n) is 7.54. The second-order valence-electron chi connectivity index (χ2n) is 6.04. The Morgan fingerprint density at radius 1 is 1.10 bits per heavy atom. The molecule has 0 aromatic rings. The average Bonchev–Trinajstić information content (AvgIpc) is 2.47. The van der Waals surface area contributed by atoms with Crippen LogP contribution in [0.2, 0.25) is 0 Å². The lowest BCUT2D eigenvalue weighted by Gasteiger charge is -2.31. The molecule has 8 heteroatoms. The predicted octanol–water partition coefficient (Wildman–Crippen LogP) is 0.168. The Labute approximate surface area is 125 Å². The van der Waals surface area contributed by atoms with Crippen molar-refractivity contribution >= 4 is 16.2 Å². The van der Waals surface area contributed by atoms with Crippen LogP contribution in [-0.4, -0.2) is 54.6 Å². The lowest BCUT2D eigenvalue weighted by molar-refractivity contribution is -0.142. The first-order chi connectivity index (χ1) is 9.88. The molecule has 2 rings (SSSR count). The van der Waals surface area contributed by atoms with Gasteiger partial charge in [0.25, 0.3) is 10.2 Å². The van der Waals surface area contributed by atoms with Crippen molar-refractivity contribution in [1.29, 1.82) is 0 Å². The van der Waals surface area contributed by atoms with Gasteiger partial charge in [-0.2, -0.15) is 12.7 Å². The molecule has 1 aliphatic heterocycles. The number of carboxylic acids is 1. The number of hydrogen-bond donors (Lipinski definition) is 3. The fourth-order valence-electron chi connectivity index (χ4n) is 3.01. The van der Waals surface area contributed by atoms with Gasteiger partial charge in [-0.25, -0.2) is 4.72 Å². The Morgan fingerprint density at radius 3 is 2.19 bits per heavy atom. The van der Waals surface area contributed by atoms with Gasteiger partial charge in [-0.1, -0.05) is 0 Å². The zero-order valence-corrected chi connectivity index (χ0v) is 12.9. The van der Waals surface area contributed by atoms with E-state index in [0.717, 1.165) is 25.7 Å². The Morgan fingerprint density at radius 2 is 1.67 bits per heavy atom. The Balaban J connectivity index is 1.78. The lowest BCUT2D eigenvalue weighted by atomic mass is 9.88. The molecule has 1 heterocycles. The highest BCUT2D eigenvalue weighted by Crippen LogP contribution is 2.24. The molecule has 3 N–H and O–H groups in total. The van der Waals surface area contributed by atoms with Crippen molar-refractivity contribution in [3.8, 4) is 0 Å². The molecule has 0 unspecified atom stereocenters. The molecule has 122 valence electrons. The predicted molar refractivity (Wildman–Crippen MR) is 76.8 cm³/mol. The molecule has 0 bridgehead atoms. The van der Waals surface area contributed by atoms with E-state index in [1.807, 2.05) is 0 Å². The molecule has 1 saturated heterocycles. The van der Waals surface area contributed by atoms with Crippen LogP contribution in [0, 0.1) is 11.8 Å². The van der Waals surface area contributed by atoms with E-state index in [4.69, 9.17) is 5.11 Å². The quantitative estimate of drug-likeness (QED) is 0.669. The van der Waals surface area contributed by atoms with E-state index in [9.17, 15) is 18.3 Å². The summed E-state index contributed by atoms with van der Waals surface area (Å²) in [7, 11) is -3.52. The van der Waals surface area contributed by atoms with Crippen LogP contribution in [0.4, 0.5) is 0 Å². The van der Waals surface area contributed by atoms with Crippen LogP contribution in [0.5, 0.6) is 0 Å². The molecule has 0 spiro atoms. The minimum absolute atomic E-state index is 0.243. The molecular weight excluding hydrogens is 296 g/mol. The molecule has 0 amide bonds. The van der Waals surface area contributed by atoms with E-state index in [1.54, 1.807) is 0 Å². The van der Waals surface area contributed by atoms with Crippen LogP contribution >= 0.6 is 0 Å². The van der Waals surface area contributed by atoms with Gasteiger partial charge in [0.1, 0.15) is 0 Å². The number of nitrogens with one attached hydrogen (secondary N) is 1. The van der Waals surface area contributed by atoms with Gasteiger partial charge in [-0.15, -0.1) is 0 Å². The van der Waals surface area contributed by atoms with Crippen LogP contribution in [0.15, 0.2) is 0 Å². The summed E-state index contributed by atoms with van der Waals surface area (Å²) < 4.78 is 28.3. The van der Waals surface area contributed by atoms with Crippen molar-refractivity contribution in [2.24, 2.45) is 11.8 Å². The average molecular weight is 320 g/mol. The molecule has 21 heavy (non-hydrogen) atoms. The van der Waals surface area contributed by atoms with E-state index in [-0.39, 0.29) is 25.1 Å². The maximum Gasteiger partial charge on any atom is 0.306 e. The summed E-state index contributed by atoms with van der Waals surface area (Å²) in [6.45, 7) is 0.916. The number of nitrogens with zero attached hydrogens (tertiary/aromatic N) is 1. The zero-order chi connectivity index (χ0) is 15.5. The molecule has 0 aromatic heterocycles. The Hall–Kier alpha value is -0.700. The highest BCUT2D eigenvalue weighted by atomic mass is 32.2. The molecule has 0 aromatic carbocycles. The van der Waals surface area contributed by atoms with E-state index in [0.29, 0.717) is 19.4 Å². The summed E-state index contributed by atoms with van der Waals surface area (Å²) in [6.07, 6.45) is 3.63. The first-order valence-corrected chi connectivity index (χ1v) is 8.98. The molecule has 0 radical (unpaired) electrons. The van der Waals surface area contributed by atoms with Gasteiger partial charge in [-0.3, -0.25) is 4.79 Å². The third kappa shape index (κ3) is 4.64. The van der Waals surface area contributed by atoms with Crippen LogP contribution < -0.4 is 4.72 Å². The number of rotatable bonds is 5. The zero-order valence-electron chi connectivity index (χ0n) is 12.1. The molecule has 0 atom stereocenters.